The van der Waals surface area contributed by atoms with Gasteiger partial charge in [-0.2, -0.15) is 0 Å². The summed E-state index contributed by atoms with van der Waals surface area (Å²) in [6.45, 7) is 21.6. The van der Waals surface area contributed by atoms with Crippen LogP contribution in [0.15, 0.2) is 42.5 Å². The Morgan fingerprint density at radius 1 is 0.432 bits per heavy atom. The maximum absolute atomic E-state index is 10.5. The molecule has 18 N–H and O–H groups in total. The van der Waals surface area contributed by atoms with Gasteiger partial charge in [-0.3, -0.25) is 0 Å². The number of hydrogen-bond acceptors (Lipinski definition) is 20. The predicted octanol–water partition coefficient (Wildman–Crippen LogP) is 3.27. The molecule has 3 aliphatic heterocycles. The van der Waals surface area contributed by atoms with Crippen molar-refractivity contribution >= 4 is 10.8 Å². The first-order valence-corrected chi connectivity index (χ1v) is 28.9. The van der Waals surface area contributed by atoms with E-state index in [0.717, 1.165) is 19.3 Å². The first-order valence-electron chi connectivity index (χ1n) is 28.9. The summed E-state index contributed by atoms with van der Waals surface area (Å²) >= 11 is 0. The lowest BCUT2D eigenvalue weighted by atomic mass is 9.73. The lowest BCUT2D eigenvalue weighted by molar-refractivity contribution is -0.309. The fourth-order valence-corrected chi connectivity index (χ4v) is 12.0. The van der Waals surface area contributed by atoms with Gasteiger partial charge in [0, 0.05) is 30.5 Å². The molecule has 0 bridgehead atoms. The molecule has 0 spiro atoms. The summed E-state index contributed by atoms with van der Waals surface area (Å²) in [5.41, 5.74) is 24.7. The van der Waals surface area contributed by atoms with Crippen LogP contribution in [0.25, 0.3) is 10.8 Å². The largest absolute Gasteiger partial charge is 0.390 e. The molecule has 3 saturated heterocycles. The third-order valence-corrected chi connectivity index (χ3v) is 18.1. The fourth-order valence-electron chi connectivity index (χ4n) is 12.0. The van der Waals surface area contributed by atoms with Crippen molar-refractivity contribution in [3.05, 3.63) is 48.0 Å². The molecule has 474 valence electrons. The van der Waals surface area contributed by atoms with E-state index in [2.05, 4.69) is 70.2 Å². The van der Waals surface area contributed by atoms with Crippen LogP contribution in [0.5, 0.6) is 0 Å². The number of aliphatic hydroxyl groups is 10. The van der Waals surface area contributed by atoms with Gasteiger partial charge in [0.1, 0.15) is 42.7 Å². The fraction of sp³-hybridized carbons (Fsp3) is 0.836. The minimum absolute atomic E-state index is 0. The normalized spacial score (nSPS) is 45.1. The van der Waals surface area contributed by atoms with E-state index in [0.29, 0.717) is 25.2 Å². The number of rotatable bonds is 10. The number of benzene rings is 2. The Kier molecular flexibility index (Phi) is 31.2. The SMILES string of the molecule is C.C.C.CC1C(N)CC(N)C(OC2OC(CN)C(O)C(O)C2N)C1O.CCC1OC(OC2C(C)CC(C)C(C)C2O)C(C)C(O)C1O.CCC1OC(OC2C(C)CC(C)C(O)C2O)C(C)C(O)C1O.CCc1ccc2ccccc2c1. The van der Waals surface area contributed by atoms with E-state index in [1.54, 1.807) is 6.92 Å². The van der Waals surface area contributed by atoms with Crippen LogP contribution >= 0.6 is 0 Å². The predicted molar refractivity (Wildman–Crippen MR) is 315 cm³/mol. The number of ether oxygens (including phenoxy) is 6. The molecular weight excluding hydrogens is 1040 g/mol. The highest BCUT2D eigenvalue weighted by molar-refractivity contribution is 5.82. The number of nitrogens with two attached hydrogens (primary N) is 4. The van der Waals surface area contributed by atoms with Crippen molar-refractivity contribution in [3.8, 4) is 0 Å². The number of hydrogen-bond donors (Lipinski definition) is 14. The molecule has 3 saturated carbocycles. The Balaban J connectivity index is 0.000000371. The van der Waals surface area contributed by atoms with Crippen LogP contribution in [0.4, 0.5) is 0 Å². The van der Waals surface area contributed by atoms with E-state index >= 15 is 0 Å². The molecule has 0 amide bonds. The molecule has 0 aromatic heterocycles. The maximum atomic E-state index is 10.5. The third-order valence-electron chi connectivity index (χ3n) is 18.1. The molecule has 0 radical (unpaired) electrons. The Hall–Kier alpha value is -2.10. The van der Waals surface area contributed by atoms with E-state index in [1.807, 2.05) is 41.5 Å². The van der Waals surface area contributed by atoms with Gasteiger partial charge in [-0.15, -0.1) is 0 Å². The van der Waals surface area contributed by atoms with E-state index in [-0.39, 0.29) is 76.5 Å². The monoisotopic (exact) mass is 1160 g/mol. The second-order valence-electron chi connectivity index (χ2n) is 23.9. The van der Waals surface area contributed by atoms with Crippen molar-refractivity contribution in [2.45, 2.75) is 272 Å². The van der Waals surface area contributed by atoms with Crippen LogP contribution < -0.4 is 22.9 Å². The number of fused-ring (bicyclic) bond motifs is 1. The van der Waals surface area contributed by atoms with Gasteiger partial charge in [0.25, 0.3) is 0 Å². The topological polar surface area (TPSA) is 362 Å². The summed E-state index contributed by atoms with van der Waals surface area (Å²) in [4.78, 5) is 0. The van der Waals surface area contributed by atoms with E-state index < -0.39 is 128 Å². The number of aryl methyl sites for hydroxylation is 1. The molecule has 20 nitrogen and oxygen atoms in total. The Morgan fingerprint density at radius 3 is 1.37 bits per heavy atom. The van der Waals surface area contributed by atoms with Crippen molar-refractivity contribution in [1.29, 1.82) is 0 Å². The summed E-state index contributed by atoms with van der Waals surface area (Å²) in [5.74, 6) is 0.0496. The van der Waals surface area contributed by atoms with E-state index in [4.69, 9.17) is 51.4 Å². The molecule has 8 rings (SSSR count). The zero-order valence-corrected chi connectivity index (χ0v) is 48.0. The van der Waals surface area contributed by atoms with Crippen LogP contribution in [0.1, 0.15) is 136 Å². The standard InChI is InChI=1S/C17H32O5.C16H30O6.C13H28N4O5.C12H12.3CH4/c1-6-12-15(20)13(18)11(5)17(21-12)22-16-9(3)7-8(2)10(4)14(16)19;1-5-10-13(19)12(18)9(4)16(21-10)22-15-8(3)6-7(2)11(17)14(15)20;1-4-5(15)2-6(16)12(9(4)18)22-13-8(17)11(20)10(19)7(3-14)21-13;1-2-10-7-8-11-5-3-4-6-12(11)9-10;;;/h8-20H,6-7H2,1-5H3;7-20H,5-6H2,1-4H3;4-13,18-20H,2-3,14-17H2,1H3;3-9H,2H2,1H3;3*1H4. The van der Waals surface area contributed by atoms with Gasteiger partial charge >= 0.3 is 0 Å². The summed E-state index contributed by atoms with van der Waals surface area (Å²) < 4.78 is 34.9. The molecular formula is C61H114N4O16. The van der Waals surface area contributed by atoms with Crippen molar-refractivity contribution in [2.75, 3.05) is 6.54 Å². The lowest BCUT2D eigenvalue weighted by Crippen LogP contribution is -2.66. The second-order valence-corrected chi connectivity index (χ2v) is 23.9. The van der Waals surface area contributed by atoms with Crippen molar-refractivity contribution in [2.24, 2.45) is 70.3 Å². The first kappa shape index (κ1) is 75.0. The van der Waals surface area contributed by atoms with Gasteiger partial charge in [-0.1, -0.05) is 141 Å². The van der Waals surface area contributed by atoms with Gasteiger partial charge in [-0.25, -0.2) is 0 Å². The quantitative estimate of drug-likeness (QED) is 0.162. The zero-order valence-electron chi connectivity index (χ0n) is 48.0. The van der Waals surface area contributed by atoms with E-state index in [1.165, 1.54) is 16.3 Å². The average molecular weight is 1160 g/mol. The smallest absolute Gasteiger partial charge is 0.176 e. The van der Waals surface area contributed by atoms with Gasteiger partial charge < -0.3 is 102 Å². The highest BCUT2D eigenvalue weighted by Gasteiger charge is 2.50. The molecule has 81 heavy (non-hydrogen) atoms. The Morgan fingerprint density at radius 2 is 0.877 bits per heavy atom. The highest BCUT2D eigenvalue weighted by atomic mass is 16.7. The molecule has 20 heteroatoms. The van der Waals surface area contributed by atoms with Crippen LogP contribution in [0.3, 0.4) is 0 Å². The van der Waals surface area contributed by atoms with Crippen LogP contribution in [-0.2, 0) is 34.8 Å². The summed E-state index contributed by atoms with van der Waals surface area (Å²) in [5, 5.41) is 104. The molecule has 3 heterocycles. The maximum Gasteiger partial charge on any atom is 0.176 e. The summed E-state index contributed by atoms with van der Waals surface area (Å²) in [6.07, 6.45) is -10.2. The highest BCUT2D eigenvalue weighted by Crippen LogP contribution is 2.40. The summed E-state index contributed by atoms with van der Waals surface area (Å²) in [7, 11) is 0. The Bertz CT molecular complexity index is 1900. The minimum atomic E-state index is -1.23. The van der Waals surface area contributed by atoms with Crippen LogP contribution in [0.2, 0.25) is 0 Å². The minimum Gasteiger partial charge on any atom is -0.390 e. The number of aliphatic hydroxyl groups excluding tert-OH is 10. The van der Waals surface area contributed by atoms with Crippen LogP contribution in [0, 0.1) is 47.3 Å². The third kappa shape index (κ3) is 18.0. The Labute approximate surface area is 485 Å². The van der Waals surface area contributed by atoms with Crippen molar-refractivity contribution < 1.29 is 79.5 Å². The molecule has 30 unspecified atom stereocenters. The first-order chi connectivity index (χ1) is 36.7. The molecule has 30 atom stereocenters. The molecule has 3 aliphatic carbocycles. The van der Waals surface area contributed by atoms with E-state index in [9.17, 15) is 51.1 Å². The van der Waals surface area contributed by atoms with Gasteiger partial charge in [-0.05, 0) is 90.4 Å². The second kappa shape index (κ2) is 33.7. The van der Waals surface area contributed by atoms with Gasteiger partial charge in [0.15, 0.2) is 18.9 Å². The van der Waals surface area contributed by atoms with Crippen LogP contribution in [-0.4, -0.2) is 192 Å². The van der Waals surface area contributed by atoms with Gasteiger partial charge in [0.05, 0.1) is 61.0 Å². The molecule has 6 fully saturated rings. The van der Waals surface area contributed by atoms with Gasteiger partial charge in [0.2, 0.25) is 0 Å². The summed E-state index contributed by atoms with van der Waals surface area (Å²) in [6, 6.07) is 13.5. The van der Waals surface area contributed by atoms with Crippen molar-refractivity contribution in [1.82, 2.24) is 0 Å². The zero-order chi connectivity index (χ0) is 58.2. The molecule has 2 aromatic carbocycles. The molecule has 6 aliphatic rings. The lowest BCUT2D eigenvalue weighted by Gasteiger charge is -2.46. The van der Waals surface area contributed by atoms with Crippen molar-refractivity contribution in [3.63, 3.8) is 0 Å². The average Bonchev–Trinajstić information content (AvgIpc) is 3.50. The molecule has 2 aromatic rings.